The van der Waals surface area contributed by atoms with Gasteiger partial charge in [-0.3, -0.25) is 0 Å². The van der Waals surface area contributed by atoms with Gasteiger partial charge in [-0.2, -0.15) is 0 Å². The van der Waals surface area contributed by atoms with Crippen LogP contribution in [0.1, 0.15) is 0 Å². The summed E-state index contributed by atoms with van der Waals surface area (Å²) in [5.74, 6) is -0.400. The number of phenolic OH excluding ortho intramolecular Hbond substituents is 4. The summed E-state index contributed by atoms with van der Waals surface area (Å²) in [4.78, 5) is 4.23. The minimum atomic E-state index is -0.286. The zero-order valence-electron chi connectivity index (χ0n) is 12.8. The molecule has 0 aliphatic rings. The predicted molar refractivity (Wildman–Crippen MR) is 91.5 cm³/mol. The van der Waals surface area contributed by atoms with E-state index in [0.717, 1.165) is 0 Å². The highest BCUT2D eigenvalue weighted by Gasteiger charge is 2.16. The van der Waals surface area contributed by atoms with Gasteiger partial charge in [-0.05, 0) is 41.1 Å². The van der Waals surface area contributed by atoms with Gasteiger partial charge in [0.15, 0.2) is 28.8 Å². The zero-order valence-corrected chi connectivity index (χ0v) is 12.8. The van der Waals surface area contributed by atoms with Crippen molar-refractivity contribution in [2.45, 2.75) is 0 Å². The van der Waals surface area contributed by atoms with Crippen molar-refractivity contribution in [3.8, 4) is 45.8 Å². The molecular weight excluding hydrogens is 322 g/mol. The number of phenols is 4. The van der Waals surface area contributed by atoms with Crippen LogP contribution in [0.3, 0.4) is 0 Å². The summed E-state index contributed by atoms with van der Waals surface area (Å²) in [6, 6.07) is 12.8. The van der Waals surface area contributed by atoms with Gasteiger partial charge in [0.25, 0.3) is 0 Å². The van der Waals surface area contributed by atoms with Crippen LogP contribution in [0.25, 0.3) is 33.6 Å². The van der Waals surface area contributed by atoms with Crippen LogP contribution < -0.4 is 0 Å². The third-order valence-corrected chi connectivity index (χ3v) is 3.99. The third-order valence-electron chi connectivity index (χ3n) is 3.99. The van der Waals surface area contributed by atoms with Crippen LogP contribution in [0, 0.1) is 0 Å². The number of nitrogens with zero attached hydrogens (tertiary/aromatic N) is 1. The first-order chi connectivity index (χ1) is 12.0. The molecule has 4 rings (SSSR count). The number of hydrogen-bond acceptors (Lipinski definition) is 6. The monoisotopic (exact) mass is 335 g/mol. The number of aromatic hydroxyl groups is 4. The Hall–Kier alpha value is -3.67. The summed E-state index contributed by atoms with van der Waals surface area (Å²) < 4.78 is 5.74. The lowest BCUT2D eigenvalue weighted by atomic mass is 10.0. The molecule has 0 unspecified atom stereocenters. The van der Waals surface area contributed by atoms with Crippen molar-refractivity contribution in [3.05, 3.63) is 54.7 Å². The van der Waals surface area contributed by atoms with Crippen molar-refractivity contribution in [2.24, 2.45) is 0 Å². The van der Waals surface area contributed by atoms with E-state index in [2.05, 4.69) is 4.98 Å². The van der Waals surface area contributed by atoms with Gasteiger partial charge >= 0.3 is 0 Å². The molecule has 0 saturated heterocycles. The predicted octanol–water partition coefficient (Wildman–Crippen LogP) is 3.98. The summed E-state index contributed by atoms with van der Waals surface area (Å²) in [6.45, 7) is 0. The van der Waals surface area contributed by atoms with E-state index in [4.69, 9.17) is 4.42 Å². The van der Waals surface area contributed by atoms with Crippen LogP contribution in [0.2, 0.25) is 0 Å². The molecule has 25 heavy (non-hydrogen) atoms. The van der Waals surface area contributed by atoms with E-state index in [1.165, 1.54) is 24.4 Å². The van der Waals surface area contributed by atoms with Crippen LogP contribution in [-0.2, 0) is 0 Å². The molecule has 1 heterocycles. The SMILES string of the molecule is Oc1cc2cccc(-c3ncc(-c4cccc(O)c4O)o3)c2cc1O. The van der Waals surface area contributed by atoms with E-state index >= 15 is 0 Å². The van der Waals surface area contributed by atoms with Crippen LogP contribution in [-0.4, -0.2) is 25.4 Å². The molecule has 0 radical (unpaired) electrons. The van der Waals surface area contributed by atoms with Gasteiger partial charge in [0.1, 0.15) is 0 Å². The number of benzene rings is 3. The number of para-hydroxylation sites is 1. The Morgan fingerprint density at radius 3 is 2.32 bits per heavy atom. The topological polar surface area (TPSA) is 107 Å². The first kappa shape index (κ1) is 14.9. The van der Waals surface area contributed by atoms with E-state index in [-0.39, 0.29) is 28.9 Å². The molecule has 1 aromatic heterocycles. The first-order valence-corrected chi connectivity index (χ1v) is 7.47. The summed E-state index contributed by atoms with van der Waals surface area (Å²) in [6.07, 6.45) is 1.45. The van der Waals surface area contributed by atoms with E-state index in [1.54, 1.807) is 30.3 Å². The van der Waals surface area contributed by atoms with Gasteiger partial charge in [0, 0.05) is 5.56 Å². The molecule has 0 saturated carbocycles. The normalized spacial score (nSPS) is 11.0. The number of oxazole rings is 1. The molecule has 4 N–H and O–H groups in total. The van der Waals surface area contributed by atoms with Gasteiger partial charge in [-0.15, -0.1) is 0 Å². The van der Waals surface area contributed by atoms with Gasteiger partial charge in [0.2, 0.25) is 5.89 Å². The molecule has 6 nitrogen and oxygen atoms in total. The number of hydrogen-bond donors (Lipinski definition) is 4. The summed E-state index contributed by atoms with van der Waals surface area (Å²) in [5.41, 5.74) is 0.943. The zero-order chi connectivity index (χ0) is 17.6. The van der Waals surface area contributed by atoms with Crippen molar-refractivity contribution in [1.29, 1.82) is 0 Å². The Morgan fingerprint density at radius 1 is 0.760 bits per heavy atom. The molecule has 0 bridgehead atoms. The molecular formula is C19H13NO5. The second-order valence-electron chi connectivity index (χ2n) is 5.57. The summed E-state index contributed by atoms with van der Waals surface area (Å²) in [7, 11) is 0. The van der Waals surface area contributed by atoms with Gasteiger partial charge < -0.3 is 24.8 Å². The Kier molecular flexibility index (Phi) is 3.25. The number of aromatic nitrogens is 1. The van der Waals surface area contributed by atoms with Gasteiger partial charge in [-0.1, -0.05) is 18.2 Å². The third kappa shape index (κ3) is 2.40. The van der Waals surface area contributed by atoms with Crippen molar-refractivity contribution in [1.82, 2.24) is 4.98 Å². The molecule has 0 aliphatic heterocycles. The molecule has 4 aromatic rings. The Bertz CT molecular complexity index is 1100. The Labute approximate surface area is 141 Å². The summed E-state index contributed by atoms with van der Waals surface area (Å²) >= 11 is 0. The van der Waals surface area contributed by atoms with Gasteiger partial charge in [0.05, 0.1) is 11.8 Å². The fraction of sp³-hybridized carbons (Fsp3) is 0. The van der Waals surface area contributed by atoms with Crippen molar-refractivity contribution < 1.29 is 24.8 Å². The largest absolute Gasteiger partial charge is 0.504 e. The lowest BCUT2D eigenvalue weighted by molar-refractivity contribution is 0.404. The minimum Gasteiger partial charge on any atom is -0.504 e. The van der Waals surface area contributed by atoms with E-state index in [9.17, 15) is 20.4 Å². The molecule has 0 amide bonds. The lowest BCUT2D eigenvalue weighted by Crippen LogP contribution is -1.82. The molecule has 0 spiro atoms. The first-order valence-electron chi connectivity index (χ1n) is 7.47. The van der Waals surface area contributed by atoms with Crippen LogP contribution in [0.15, 0.2) is 59.1 Å². The second kappa shape index (κ2) is 5.45. The van der Waals surface area contributed by atoms with E-state index in [1.807, 2.05) is 0 Å². The average Bonchev–Trinajstić information content (AvgIpc) is 3.07. The van der Waals surface area contributed by atoms with Crippen molar-refractivity contribution in [3.63, 3.8) is 0 Å². The van der Waals surface area contributed by atoms with Crippen LogP contribution >= 0.6 is 0 Å². The smallest absolute Gasteiger partial charge is 0.227 e. The standard InChI is InChI=1S/C19H13NO5/c21-14-6-2-5-12(18(14)24)17-9-20-19(25-17)11-4-1-3-10-7-15(22)16(23)8-13(10)11/h1-9,21-24H. The second-order valence-corrected chi connectivity index (χ2v) is 5.57. The Morgan fingerprint density at radius 2 is 1.48 bits per heavy atom. The highest BCUT2D eigenvalue weighted by molar-refractivity contribution is 5.97. The maximum atomic E-state index is 9.97. The highest BCUT2D eigenvalue weighted by atomic mass is 16.4. The maximum Gasteiger partial charge on any atom is 0.227 e. The molecule has 0 aliphatic carbocycles. The fourth-order valence-electron chi connectivity index (χ4n) is 2.74. The van der Waals surface area contributed by atoms with E-state index in [0.29, 0.717) is 27.7 Å². The van der Waals surface area contributed by atoms with Gasteiger partial charge in [-0.25, -0.2) is 4.98 Å². The van der Waals surface area contributed by atoms with Crippen molar-refractivity contribution in [2.75, 3.05) is 0 Å². The summed E-state index contributed by atoms with van der Waals surface area (Å²) in [5, 5.41) is 40.4. The lowest BCUT2D eigenvalue weighted by Gasteiger charge is -2.06. The minimum absolute atomic E-state index is 0.206. The van der Waals surface area contributed by atoms with Crippen molar-refractivity contribution >= 4 is 10.8 Å². The quantitative estimate of drug-likeness (QED) is 0.413. The number of fused-ring (bicyclic) bond motifs is 1. The molecule has 3 aromatic carbocycles. The van der Waals surface area contributed by atoms with E-state index < -0.39 is 0 Å². The maximum absolute atomic E-state index is 9.97. The molecule has 124 valence electrons. The molecule has 6 heteroatoms. The molecule has 0 atom stereocenters. The number of rotatable bonds is 2. The molecule has 0 fully saturated rings. The van der Waals surface area contributed by atoms with Crippen LogP contribution in [0.4, 0.5) is 0 Å². The van der Waals surface area contributed by atoms with Crippen LogP contribution in [0.5, 0.6) is 23.0 Å². The Balaban J connectivity index is 1.87. The fourth-order valence-corrected chi connectivity index (χ4v) is 2.74. The highest BCUT2D eigenvalue weighted by Crippen LogP contribution is 2.39. The average molecular weight is 335 g/mol.